The first-order valence-corrected chi connectivity index (χ1v) is 12.7. The summed E-state index contributed by atoms with van der Waals surface area (Å²) in [5.74, 6) is 1.32. The van der Waals surface area contributed by atoms with Gasteiger partial charge in [-0.1, -0.05) is 12.1 Å². The standard InChI is InChI=1S/C28H35N3O5/c1-4-35-24-12-8-21(9-13-24)26-18-25(20-6-10-23(34-3)11-7-20)29-31(26)27(32)19-30-16-14-22(15-17-30)28(33)36-5-2/h6-13,22,26H,4-5,14-19H2,1-3H3. The first kappa shape index (κ1) is 25.7. The van der Waals surface area contributed by atoms with Crippen LogP contribution in [-0.4, -0.2) is 67.5 Å². The third-order valence-electron chi connectivity index (χ3n) is 6.73. The Balaban J connectivity index is 1.49. The summed E-state index contributed by atoms with van der Waals surface area (Å²) in [5, 5.41) is 6.42. The Morgan fingerprint density at radius 3 is 2.22 bits per heavy atom. The second-order valence-electron chi connectivity index (χ2n) is 9.04. The van der Waals surface area contributed by atoms with E-state index in [4.69, 9.17) is 19.3 Å². The highest BCUT2D eigenvalue weighted by Crippen LogP contribution is 2.34. The fraction of sp³-hybridized carbons (Fsp3) is 0.464. The molecule has 8 heteroatoms. The molecule has 36 heavy (non-hydrogen) atoms. The van der Waals surface area contributed by atoms with E-state index < -0.39 is 0 Å². The zero-order chi connectivity index (χ0) is 25.5. The third-order valence-corrected chi connectivity index (χ3v) is 6.73. The van der Waals surface area contributed by atoms with Crippen LogP contribution in [0.25, 0.3) is 0 Å². The summed E-state index contributed by atoms with van der Waals surface area (Å²) in [6.45, 7) is 6.41. The molecule has 8 nitrogen and oxygen atoms in total. The molecule has 1 fully saturated rings. The van der Waals surface area contributed by atoms with E-state index in [1.807, 2.05) is 62.4 Å². The number of rotatable bonds is 9. The van der Waals surface area contributed by atoms with Crippen molar-refractivity contribution in [1.29, 1.82) is 0 Å². The van der Waals surface area contributed by atoms with Crippen LogP contribution in [0.3, 0.4) is 0 Å². The quantitative estimate of drug-likeness (QED) is 0.491. The average molecular weight is 494 g/mol. The van der Waals surface area contributed by atoms with Crippen molar-refractivity contribution in [2.75, 3.05) is 40.0 Å². The highest BCUT2D eigenvalue weighted by Gasteiger charge is 2.35. The number of piperidine rings is 1. The van der Waals surface area contributed by atoms with E-state index in [1.165, 1.54) is 0 Å². The van der Waals surface area contributed by atoms with Gasteiger partial charge in [0.15, 0.2) is 0 Å². The van der Waals surface area contributed by atoms with Gasteiger partial charge in [-0.15, -0.1) is 0 Å². The molecule has 192 valence electrons. The molecule has 0 saturated carbocycles. The van der Waals surface area contributed by atoms with Crippen LogP contribution in [0.4, 0.5) is 0 Å². The van der Waals surface area contributed by atoms with Crippen LogP contribution in [0, 0.1) is 5.92 Å². The molecule has 0 radical (unpaired) electrons. The van der Waals surface area contributed by atoms with Crippen molar-refractivity contribution in [3.05, 3.63) is 59.7 Å². The lowest BCUT2D eigenvalue weighted by molar-refractivity contribution is -0.149. The van der Waals surface area contributed by atoms with Gasteiger partial charge < -0.3 is 14.2 Å². The summed E-state index contributed by atoms with van der Waals surface area (Å²) >= 11 is 0. The molecule has 2 aliphatic heterocycles. The van der Waals surface area contributed by atoms with E-state index >= 15 is 0 Å². The van der Waals surface area contributed by atoms with E-state index in [9.17, 15) is 9.59 Å². The number of amides is 1. The van der Waals surface area contributed by atoms with Gasteiger partial charge in [-0.2, -0.15) is 5.10 Å². The molecule has 0 aliphatic carbocycles. The minimum atomic E-state index is -0.192. The predicted octanol–water partition coefficient (Wildman–Crippen LogP) is 4.05. The molecule has 2 heterocycles. The predicted molar refractivity (Wildman–Crippen MR) is 137 cm³/mol. The van der Waals surface area contributed by atoms with Crippen molar-refractivity contribution in [3.8, 4) is 11.5 Å². The number of methoxy groups -OCH3 is 1. The number of carbonyl (C=O) groups is 2. The average Bonchev–Trinajstić information content (AvgIpc) is 3.36. The fourth-order valence-corrected chi connectivity index (χ4v) is 4.76. The van der Waals surface area contributed by atoms with Crippen molar-refractivity contribution in [1.82, 2.24) is 9.91 Å². The van der Waals surface area contributed by atoms with E-state index in [2.05, 4.69) is 4.90 Å². The minimum absolute atomic E-state index is 0.0491. The summed E-state index contributed by atoms with van der Waals surface area (Å²) in [6.07, 6.45) is 2.03. The topological polar surface area (TPSA) is 80.7 Å². The van der Waals surface area contributed by atoms with Crippen LogP contribution in [0.1, 0.15) is 50.3 Å². The Morgan fingerprint density at radius 2 is 1.61 bits per heavy atom. The Bertz CT molecular complexity index is 1060. The number of esters is 1. The Morgan fingerprint density at radius 1 is 0.944 bits per heavy atom. The van der Waals surface area contributed by atoms with Gasteiger partial charge in [-0.25, -0.2) is 5.01 Å². The molecule has 0 bridgehead atoms. The normalized spacial score (nSPS) is 18.6. The minimum Gasteiger partial charge on any atom is -0.497 e. The van der Waals surface area contributed by atoms with Gasteiger partial charge in [-0.3, -0.25) is 14.5 Å². The number of benzene rings is 2. The fourth-order valence-electron chi connectivity index (χ4n) is 4.76. The van der Waals surface area contributed by atoms with Crippen LogP contribution >= 0.6 is 0 Å². The zero-order valence-electron chi connectivity index (χ0n) is 21.3. The summed E-state index contributed by atoms with van der Waals surface area (Å²) in [5.41, 5.74) is 2.85. The van der Waals surface area contributed by atoms with Crippen molar-refractivity contribution in [2.45, 2.75) is 39.2 Å². The SMILES string of the molecule is CCOC(=O)C1CCN(CC(=O)N2N=C(c3ccc(OC)cc3)CC2c2ccc(OCC)cc2)CC1. The Kier molecular flexibility index (Phi) is 8.59. The lowest BCUT2D eigenvalue weighted by Gasteiger charge is -2.32. The maximum absolute atomic E-state index is 13.5. The van der Waals surface area contributed by atoms with Crippen molar-refractivity contribution >= 4 is 17.6 Å². The van der Waals surface area contributed by atoms with Gasteiger partial charge in [-0.05, 0) is 87.3 Å². The van der Waals surface area contributed by atoms with Crippen molar-refractivity contribution < 1.29 is 23.8 Å². The van der Waals surface area contributed by atoms with Crippen LogP contribution in [-0.2, 0) is 14.3 Å². The number of hydrogen-bond donors (Lipinski definition) is 0. The van der Waals surface area contributed by atoms with Crippen molar-refractivity contribution in [3.63, 3.8) is 0 Å². The molecule has 4 rings (SSSR count). The number of hydrogen-bond acceptors (Lipinski definition) is 7. The summed E-state index contributed by atoms with van der Waals surface area (Å²) in [6, 6.07) is 15.5. The Hall–Kier alpha value is -3.39. The molecule has 2 aromatic carbocycles. The number of nitrogens with zero attached hydrogens (tertiary/aromatic N) is 3. The van der Waals surface area contributed by atoms with E-state index in [0.29, 0.717) is 45.6 Å². The lowest BCUT2D eigenvalue weighted by atomic mass is 9.97. The molecule has 2 aromatic rings. The van der Waals surface area contributed by atoms with Crippen molar-refractivity contribution in [2.24, 2.45) is 11.0 Å². The lowest BCUT2D eigenvalue weighted by Crippen LogP contribution is -2.43. The van der Waals surface area contributed by atoms with E-state index in [1.54, 1.807) is 12.1 Å². The number of likely N-dealkylation sites (tertiary alicyclic amines) is 1. The van der Waals surface area contributed by atoms with Gasteiger partial charge >= 0.3 is 5.97 Å². The summed E-state index contributed by atoms with van der Waals surface area (Å²) in [7, 11) is 1.64. The van der Waals surface area contributed by atoms with Gasteiger partial charge in [0.1, 0.15) is 11.5 Å². The molecule has 1 saturated heterocycles. The first-order valence-electron chi connectivity index (χ1n) is 12.7. The van der Waals surface area contributed by atoms with Crippen LogP contribution in [0.2, 0.25) is 0 Å². The van der Waals surface area contributed by atoms with E-state index in [0.717, 1.165) is 28.3 Å². The van der Waals surface area contributed by atoms with E-state index in [-0.39, 0.29) is 30.4 Å². The molecular weight excluding hydrogens is 458 g/mol. The third kappa shape index (κ3) is 6.05. The molecule has 0 aromatic heterocycles. The van der Waals surface area contributed by atoms with Gasteiger partial charge in [0.05, 0.1) is 44.5 Å². The Labute approximate surface area is 212 Å². The molecular formula is C28H35N3O5. The number of ether oxygens (including phenoxy) is 3. The number of hydrazone groups is 1. The van der Waals surface area contributed by atoms with Gasteiger partial charge in [0, 0.05) is 6.42 Å². The van der Waals surface area contributed by atoms with Gasteiger partial charge in [0.2, 0.25) is 0 Å². The smallest absolute Gasteiger partial charge is 0.309 e. The molecule has 1 amide bonds. The van der Waals surface area contributed by atoms with Crippen LogP contribution < -0.4 is 9.47 Å². The maximum Gasteiger partial charge on any atom is 0.309 e. The van der Waals surface area contributed by atoms with Gasteiger partial charge in [0.25, 0.3) is 5.91 Å². The molecule has 1 unspecified atom stereocenters. The second-order valence-corrected chi connectivity index (χ2v) is 9.04. The largest absolute Gasteiger partial charge is 0.497 e. The second kappa shape index (κ2) is 12.0. The summed E-state index contributed by atoms with van der Waals surface area (Å²) < 4.78 is 16.0. The highest BCUT2D eigenvalue weighted by atomic mass is 16.5. The van der Waals surface area contributed by atoms with Crippen LogP contribution in [0.5, 0.6) is 11.5 Å². The highest BCUT2D eigenvalue weighted by molar-refractivity contribution is 6.03. The zero-order valence-corrected chi connectivity index (χ0v) is 21.3. The monoisotopic (exact) mass is 493 g/mol. The molecule has 0 N–H and O–H groups in total. The molecule has 2 aliphatic rings. The maximum atomic E-state index is 13.5. The first-order chi connectivity index (χ1) is 17.5. The number of carbonyl (C=O) groups excluding carboxylic acids is 2. The summed E-state index contributed by atoms with van der Waals surface area (Å²) in [4.78, 5) is 27.7. The molecule has 0 spiro atoms. The van der Waals surface area contributed by atoms with Crippen LogP contribution in [0.15, 0.2) is 53.6 Å². The molecule has 1 atom stereocenters.